The van der Waals surface area contributed by atoms with Gasteiger partial charge in [0.2, 0.25) is 0 Å². The molecule has 0 radical (unpaired) electrons. The standard InChI is InChI=1S/C18H26N2O/c1-14(2)18-7-5-11-20(18)13-16-12-17(21-3)9-8-15(16)6-4-10-19/h8-9,12,14,18H,5,7,10-11,13,19H2,1-3H3. The summed E-state index contributed by atoms with van der Waals surface area (Å²) in [6, 6.07) is 6.79. The molecule has 1 heterocycles. The summed E-state index contributed by atoms with van der Waals surface area (Å²) in [5.74, 6) is 7.73. The van der Waals surface area contributed by atoms with Crippen LogP contribution >= 0.6 is 0 Å². The Labute approximate surface area is 128 Å². The Kier molecular flexibility index (Phi) is 5.67. The molecule has 1 aromatic rings. The third-order valence-electron chi connectivity index (χ3n) is 4.19. The number of nitrogens with two attached hydrogens (primary N) is 1. The second-order valence-corrected chi connectivity index (χ2v) is 5.95. The van der Waals surface area contributed by atoms with Gasteiger partial charge in [0.25, 0.3) is 0 Å². The average molecular weight is 286 g/mol. The molecule has 0 bridgehead atoms. The van der Waals surface area contributed by atoms with Gasteiger partial charge in [0.05, 0.1) is 13.7 Å². The minimum atomic E-state index is 0.393. The molecule has 3 heteroatoms. The van der Waals surface area contributed by atoms with Crippen molar-refractivity contribution in [1.82, 2.24) is 4.90 Å². The highest BCUT2D eigenvalue weighted by atomic mass is 16.5. The molecule has 21 heavy (non-hydrogen) atoms. The molecule has 114 valence electrons. The number of likely N-dealkylation sites (tertiary alicyclic amines) is 1. The first-order chi connectivity index (χ1) is 10.2. The second-order valence-electron chi connectivity index (χ2n) is 5.95. The maximum atomic E-state index is 5.50. The van der Waals surface area contributed by atoms with E-state index in [0.717, 1.165) is 17.9 Å². The van der Waals surface area contributed by atoms with Crippen LogP contribution in [0.25, 0.3) is 0 Å². The van der Waals surface area contributed by atoms with Gasteiger partial charge in [-0.25, -0.2) is 0 Å². The van der Waals surface area contributed by atoms with Crippen LogP contribution in [0.5, 0.6) is 5.75 Å². The van der Waals surface area contributed by atoms with Crippen LogP contribution in [0.2, 0.25) is 0 Å². The van der Waals surface area contributed by atoms with E-state index in [-0.39, 0.29) is 0 Å². The Hall–Kier alpha value is -1.50. The van der Waals surface area contributed by atoms with Crippen molar-refractivity contribution in [3.05, 3.63) is 29.3 Å². The van der Waals surface area contributed by atoms with Crippen LogP contribution in [-0.4, -0.2) is 31.1 Å². The highest BCUT2D eigenvalue weighted by molar-refractivity contribution is 5.45. The van der Waals surface area contributed by atoms with Crippen LogP contribution in [0.4, 0.5) is 0 Å². The molecule has 3 nitrogen and oxygen atoms in total. The fourth-order valence-corrected chi connectivity index (χ4v) is 3.12. The number of hydrogen-bond acceptors (Lipinski definition) is 3. The molecule has 0 aromatic heterocycles. The van der Waals surface area contributed by atoms with Crippen LogP contribution in [0.15, 0.2) is 18.2 Å². The normalized spacial score (nSPS) is 18.6. The number of benzene rings is 1. The fraction of sp³-hybridized carbons (Fsp3) is 0.556. The highest BCUT2D eigenvalue weighted by Crippen LogP contribution is 2.27. The van der Waals surface area contributed by atoms with Gasteiger partial charge < -0.3 is 10.5 Å². The van der Waals surface area contributed by atoms with E-state index >= 15 is 0 Å². The summed E-state index contributed by atoms with van der Waals surface area (Å²) in [5, 5.41) is 0. The van der Waals surface area contributed by atoms with Crippen molar-refractivity contribution < 1.29 is 4.74 Å². The van der Waals surface area contributed by atoms with Crippen molar-refractivity contribution in [2.75, 3.05) is 20.2 Å². The smallest absolute Gasteiger partial charge is 0.119 e. The van der Waals surface area contributed by atoms with Gasteiger partial charge in [-0.05, 0) is 49.1 Å². The van der Waals surface area contributed by atoms with E-state index in [1.807, 2.05) is 12.1 Å². The molecule has 2 N–H and O–H groups in total. The number of rotatable bonds is 4. The van der Waals surface area contributed by atoms with Gasteiger partial charge in [-0.1, -0.05) is 25.7 Å². The zero-order chi connectivity index (χ0) is 15.2. The van der Waals surface area contributed by atoms with E-state index in [1.54, 1.807) is 7.11 Å². The average Bonchev–Trinajstić information content (AvgIpc) is 2.94. The van der Waals surface area contributed by atoms with Gasteiger partial charge >= 0.3 is 0 Å². The number of methoxy groups -OCH3 is 1. The van der Waals surface area contributed by atoms with Gasteiger partial charge in [-0.15, -0.1) is 0 Å². The van der Waals surface area contributed by atoms with Crippen molar-refractivity contribution >= 4 is 0 Å². The number of nitrogens with zero attached hydrogens (tertiary/aromatic N) is 1. The summed E-state index contributed by atoms with van der Waals surface area (Å²) in [6.45, 7) is 7.12. The zero-order valence-electron chi connectivity index (χ0n) is 13.4. The summed E-state index contributed by atoms with van der Waals surface area (Å²) in [5.41, 5.74) is 7.80. The molecule has 1 saturated heterocycles. The molecule has 0 saturated carbocycles. The molecule has 0 aliphatic carbocycles. The maximum absolute atomic E-state index is 5.50. The summed E-state index contributed by atoms with van der Waals surface area (Å²) in [6.07, 6.45) is 2.59. The molecular weight excluding hydrogens is 260 g/mol. The molecular formula is C18H26N2O. The first kappa shape index (κ1) is 15.9. The van der Waals surface area contributed by atoms with Gasteiger partial charge in [0.15, 0.2) is 0 Å². The lowest BCUT2D eigenvalue weighted by Crippen LogP contribution is -2.33. The van der Waals surface area contributed by atoms with E-state index in [4.69, 9.17) is 10.5 Å². The zero-order valence-corrected chi connectivity index (χ0v) is 13.4. The molecule has 0 spiro atoms. The van der Waals surface area contributed by atoms with E-state index in [9.17, 15) is 0 Å². The molecule has 2 rings (SSSR count). The van der Waals surface area contributed by atoms with E-state index in [0.29, 0.717) is 18.5 Å². The molecule has 0 amide bonds. The van der Waals surface area contributed by atoms with Crippen LogP contribution < -0.4 is 10.5 Å². The van der Waals surface area contributed by atoms with Gasteiger partial charge in [-0.3, -0.25) is 4.90 Å². The van der Waals surface area contributed by atoms with Crippen molar-refractivity contribution in [3.63, 3.8) is 0 Å². The second kappa shape index (κ2) is 7.49. The fourth-order valence-electron chi connectivity index (χ4n) is 3.12. The summed E-state index contributed by atoms with van der Waals surface area (Å²) in [7, 11) is 1.71. The predicted molar refractivity (Wildman–Crippen MR) is 87.2 cm³/mol. The van der Waals surface area contributed by atoms with Crippen molar-refractivity contribution in [3.8, 4) is 17.6 Å². The Morgan fingerprint density at radius 1 is 1.43 bits per heavy atom. The SMILES string of the molecule is COc1ccc(C#CCN)c(CN2CCCC2C(C)C)c1. The first-order valence-electron chi connectivity index (χ1n) is 7.75. The van der Waals surface area contributed by atoms with E-state index < -0.39 is 0 Å². The van der Waals surface area contributed by atoms with Crippen molar-refractivity contribution in [2.45, 2.75) is 39.3 Å². The van der Waals surface area contributed by atoms with Crippen LogP contribution in [0.1, 0.15) is 37.8 Å². The molecule has 1 atom stereocenters. The van der Waals surface area contributed by atoms with Crippen LogP contribution in [-0.2, 0) is 6.54 Å². The van der Waals surface area contributed by atoms with Crippen LogP contribution in [0, 0.1) is 17.8 Å². The Bertz CT molecular complexity index is 528. The molecule has 1 aliphatic heterocycles. The highest BCUT2D eigenvalue weighted by Gasteiger charge is 2.27. The summed E-state index contributed by atoms with van der Waals surface area (Å²) >= 11 is 0. The summed E-state index contributed by atoms with van der Waals surface area (Å²) < 4.78 is 5.36. The topological polar surface area (TPSA) is 38.5 Å². The largest absolute Gasteiger partial charge is 0.497 e. The minimum Gasteiger partial charge on any atom is -0.497 e. The Morgan fingerprint density at radius 2 is 2.24 bits per heavy atom. The minimum absolute atomic E-state index is 0.393. The third kappa shape index (κ3) is 4.00. The predicted octanol–water partition coefficient (Wildman–Crippen LogP) is 2.63. The van der Waals surface area contributed by atoms with Gasteiger partial charge in [-0.2, -0.15) is 0 Å². The number of hydrogen-bond donors (Lipinski definition) is 1. The van der Waals surface area contributed by atoms with Crippen molar-refractivity contribution in [2.24, 2.45) is 11.7 Å². The number of ether oxygens (including phenoxy) is 1. The van der Waals surface area contributed by atoms with Crippen molar-refractivity contribution in [1.29, 1.82) is 0 Å². The molecule has 1 aromatic carbocycles. The maximum Gasteiger partial charge on any atom is 0.119 e. The lowest BCUT2D eigenvalue weighted by Gasteiger charge is -2.28. The summed E-state index contributed by atoms with van der Waals surface area (Å²) in [4.78, 5) is 2.58. The molecule has 1 fully saturated rings. The quantitative estimate of drug-likeness (QED) is 0.865. The van der Waals surface area contributed by atoms with E-state index in [1.165, 1.54) is 24.9 Å². The van der Waals surface area contributed by atoms with Gasteiger partial charge in [0, 0.05) is 18.2 Å². The van der Waals surface area contributed by atoms with E-state index in [2.05, 4.69) is 36.7 Å². The lowest BCUT2D eigenvalue weighted by atomic mass is 10.0. The third-order valence-corrected chi connectivity index (χ3v) is 4.19. The molecule has 1 aliphatic rings. The lowest BCUT2D eigenvalue weighted by molar-refractivity contribution is 0.198. The Morgan fingerprint density at radius 3 is 2.90 bits per heavy atom. The molecule has 1 unspecified atom stereocenters. The van der Waals surface area contributed by atoms with Gasteiger partial charge in [0.1, 0.15) is 5.75 Å². The monoisotopic (exact) mass is 286 g/mol. The Balaban J connectivity index is 2.24. The first-order valence-corrected chi connectivity index (χ1v) is 7.75. The van der Waals surface area contributed by atoms with Crippen LogP contribution in [0.3, 0.4) is 0 Å².